The molecular formula is C16H30O2. The molecule has 0 fully saturated rings. The number of hydrogen-bond acceptors (Lipinski definition) is 2. The summed E-state index contributed by atoms with van der Waals surface area (Å²) in [7, 11) is 0. The van der Waals surface area contributed by atoms with Crippen LogP contribution in [0.15, 0.2) is 0 Å². The van der Waals surface area contributed by atoms with Gasteiger partial charge < -0.3 is 9.47 Å². The topological polar surface area (TPSA) is 18.5 Å². The van der Waals surface area contributed by atoms with Crippen molar-refractivity contribution in [1.82, 2.24) is 0 Å². The molecule has 0 bridgehead atoms. The van der Waals surface area contributed by atoms with Gasteiger partial charge in [0.15, 0.2) is 0 Å². The van der Waals surface area contributed by atoms with Crippen molar-refractivity contribution in [1.29, 1.82) is 0 Å². The lowest BCUT2D eigenvalue weighted by Crippen LogP contribution is -2.30. The highest BCUT2D eigenvalue weighted by Gasteiger charge is 2.21. The zero-order valence-corrected chi connectivity index (χ0v) is 13.4. The van der Waals surface area contributed by atoms with E-state index in [0.717, 1.165) is 6.61 Å². The van der Waals surface area contributed by atoms with E-state index in [0.29, 0.717) is 12.5 Å². The minimum atomic E-state index is -0.0824. The molecule has 0 aliphatic heterocycles. The molecule has 0 N–H and O–H groups in total. The summed E-state index contributed by atoms with van der Waals surface area (Å²) in [5, 5.41) is 0. The molecule has 0 radical (unpaired) electrons. The molecule has 18 heavy (non-hydrogen) atoms. The first kappa shape index (κ1) is 17.5. The van der Waals surface area contributed by atoms with Gasteiger partial charge in [-0.25, -0.2) is 0 Å². The Labute approximate surface area is 113 Å². The van der Waals surface area contributed by atoms with E-state index in [9.17, 15) is 0 Å². The molecule has 2 unspecified atom stereocenters. The van der Waals surface area contributed by atoms with Gasteiger partial charge in [-0.1, -0.05) is 12.8 Å². The van der Waals surface area contributed by atoms with Gasteiger partial charge in [-0.3, -0.25) is 0 Å². The van der Waals surface area contributed by atoms with Crippen LogP contribution in [-0.4, -0.2) is 24.9 Å². The van der Waals surface area contributed by atoms with Gasteiger partial charge in [0, 0.05) is 11.3 Å². The van der Waals surface area contributed by atoms with E-state index in [1.807, 2.05) is 6.92 Å². The van der Waals surface area contributed by atoms with E-state index in [1.165, 1.54) is 0 Å². The van der Waals surface area contributed by atoms with Gasteiger partial charge in [0.25, 0.3) is 0 Å². The Balaban J connectivity index is 4.08. The van der Waals surface area contributed by atoms with Crippen LogP contribution in [0.25, 0.3) is 0 Å². The van der Waals surface area contributed by atoms with Gasteiger partial charge in [-0.05, 0) is 48.5 Å². The molecule has 0 aliphatic rings. The van der Waals surface area contributed by atoms with Crippen molar-refractivity contribution >= 4 is 0 Å². The monoisotopic (exact) mass is 254 g/mol. The SMILES string of the molecule is CC#CC(C)(C)COC(C)C(C)COC(C)(C)C. The van der Waals surface area contributed by atoms with Crippen LogP contribution in [0.2, 0.25) is 0 Å². The van der Waals surface area contributed by atoms with Crippen molar-refractivity contribution in [3.63, 3.8) is 0 Å². The second-order valence-electron chi connectivity index (χ2n) is 6.68. The van der Waals surface area contributed by atoms with Gasteiger partial charge in [0.2, 0.25) is 0 Å². The average Bonchev–Trinajstić information content (AvgIpc) is 2.21. The first-order valence-corrected chi connectivity index (χ1v) is 6.77. The molecule has 0 saturated carbocycles. The number of ether oxygens (including phenoxy) is 2. The normalized spacial score (nSPS) is 15.8. The lowest BCUT2D eigenvalue weighted by Gasteiger charge is -2.28. The first-order chi connectivity index (χ1) is 8.07. The van der Waals surface area contributed by atoms with Crippen molar-refractivity contribution in [3.8, 4) is 11.8 Å². The third-order valence-corrected chi connectivity index (χ3v) is 2.75. The largest absolute Gasteiger partial charge is 0.377 e. The molecule has 0 aliphatic carbocycles. The Morgan fingerprint density at radius 1 is 1.06 bits per heavy atom. The molecule has 0 aromatic heterocycles. The molecule has 2 atom stereocenters. The van der Waals surface area contributed by atoms with Crippen molar-refractivity contribution in [2.45, 2.75) is 67.1 Å². The minimum Gasteiger partial charge on any atom is -0.377 e. The van der Waals surface area contributed by atoms with Gasteiger partial charge in [0.1, 0.15) is 0 Å². The summed E-state index contributed by atoms with van der Waals surface area (Å²) in [6.45, 7) is 18.0. The van der Waals surface area contributed by atoms with E-state index in [2.05, 4.69) is 60.3 Å². The molecule has 0 spiro atoms. The van der Waals surface area contributed by atoms with Crippen LogP contribution in [0.5, 0.6) is 0 Å². The Morgan fingerprint density at radius 2 is 1.61 bits per heavy atom. The fourth-order valence-corrected chi connectivity index (χ4v) is 1.40. The zero-order chi connectivity index (χ0) is 14.4. The Morgan fingerprint density at radius 3 is 2.06 bits per heavy atom. The maximum absolute atomic E-state index is 5.90. The van der Waals surface area contributed by atoms with E-state index in [-0.39, 0.29) is 17.1 Å². The second-order valence-corrected chi connectivity index (χ2v) is 6.68. The minimum absolute atomic E-state index is 0.0758. The van der Waals surface area contributed by atoms with Crippen LogP contribution in [0.1, 0.15) is 55.4 Å². The smallest absolute Gasteiger partial charge is 0.0630 e. The molecule has 0 aromatic carbocycles. The molecule has 0 amide bonds. The summed E-state index contributed by atoms with van der Waals surface area (Å²) in [6, 6.07) is 0. The number of rotatable bonds is 6. The average molecular weight is 254 g/mol. The van der Waals surface area contributed by atoms with Crippen molar-refractivity contribution in [2.75, 3.05) is 13.2 Å². The molecular weight excluding hydrogens is 224 g/mol. The Kier molecular flexibility index (Phi) is 6.96. The van der Waals surface area contributed by atoms with E-state index < -0.39 is 0 Å². The van der Waals surface area contributed by atoms with E-state index >= 15 is 0 Å². The second kappa shape index (κ2) is 7.16. The number of hydrogen-bond donors (Lipinski definition) is 0. The highest BCUT2D eigenvalue weighted by Crippen LogP contribution is 2.18. The maximum atomic E-state index is 5.90. The lowest BCUT2D eigenvalue weighted by atomic mass is 9.95. The molecule has 0 heterocycles. The highest BCUT2D eigenvalue weighted by atomic mass is 16.5. The molecule has 0 saturated heterocycles. The first-order valence-electron chi connectivity index (χ1n) is 6.77. The maximum Gasteiger partial charge on any atom is 0.0630 e. The van der Waals surface area contributed by atoms with Crippen LogP contribution in [0, 0.1) is 23.2 Å². The predicted molar refractivity (Wildman–Crippen MR) is 77.5 cm³/mol. The summed E-state index contributed by atoms with van der Waals surface area (Å²) in [5.41, 5.74) is -0.158. The highest BCUT2D eigenvalue weighted by molar-refractivity contribution is 5.06. The molecule has 2 heteroatoms. The van der Waals surface area contributed by atoms with Crippen LogP contribution in [0.4, 0.5) is 0 Å². The van der Waals surface area contributed by atoms with Gasteiger partial charge in [0.05, 0.1) is 24.9 Å². The van der Waals surface area contributed by atoms with Gasteiger partial charge in [-0.2, -0.15) is 0 Å². The van der Waals surface area contributed by atoms with Crippen molar-refractivity contribution in [2.24, 2.45) is 11.3 Å². The van der Waals surface area contributed by atoms with Crippen molar-refractivity contribution in [3.05, 3.63) is 0 Å². The molecule has 106 valence electrons. The summed E-state index contributed by atoms with van der Waals surface area (Å²) >= 11 is 0. The Bertz CT molecular complexity index is 288. The molecule has 0 rings (SSSR count). The zero-order valence-electron chi connectivity index (χ0n) is 13.4. The van der Waals surface area contributed by atoms with Gasteiger partial charge >= 0.3 is 0 Å². The third-order valence-electron chi connectivity index (χ3n) is 2.75. The predicted octanol–water partition coefficient (Wildman–Crippen LogP) is 3.89. The molecule has 0 aromatic rings. The fraction of sp³-hybridized carbons (Fsp3) is 0.875. The standard InChI is InChI=1S/C16H30O2/c1-9-10-16(7,8)12-17-14(3)13(2)11-18-15(4,5)6/h13-14H,11-12H2,1-8H3. The third kappa shape index (κ3) is 8.55. The fourth-order valence-electron chi connectivity index (χ4n) is 1.40. The van der Waals surface area contributed by atoms with E-state index in [4.69, 9.17) is 9.47 Å². The van der Waals surface area contributed by atoms with Crippen LogP contribution in [-0.2, 0) is 9.47 Å². The molecule has 2 nitrogen and oxygen atoms in total. The van der Waals surface area contributed by atoms with Crippen LogP contribution < -0.4 is 0 Å². The van der Waals surface area contributed by atoms with Crippen LogP contribution in [0.3, 0.4) is 0 Å². The van der Waals surface area contributed by atoms with Crippen LogP contribution >= 0.6 is 0 Å². The van der Waals surface area contributed by atoms with E-state index in [1.54, 1.807) is 0 Å². The van der Waals surface area contributed by atoms with Crippen molar-refractivity contribution < 1.29 is 9.47 Å². The summed E-state index contributed by atoms with van der Waals surface area (Å²) in [6.07, 6.45) is 0.185. The summed E-state index contributed by atoms with van der Waals surface area (Å²) in [5.74, 6) is 6.50. The quantitative estimate of drug-likeness (QED) is 0.669. The summed E-state index contributed by atoms with van der Waals surface area (Å²) < 4.78 is 11.7. The summed E-state index contributed by atoms with van der Waals surface area (Å²) in [4.78, 5) is 0. The lowest BCUT2D eigenvalue weighted by molar-refractivity contribution is -0.0644. The van der Waals surface area contributed by atoms with Gasteiger partial charge in [-0.15, -0.1) is 5.92 Å². The Hall–Kier alpha value is -0.520.